The lowest BCUT2D eigenvalue weighted by Crippen LogP contribution is -2.41. The molecule has 0 atom stereocenters. The quantitative estimate of drug-likeness (QED) is 0.470. The van der Waals surface area contributed by atoms with Crippen LogP contribution in [-0.4, -0.2) is 35.6 Å². The summed E-state index contributed by atoms with van der Waals surface area (Å²) >= 11 is 0. The van der Waals surface area contributed by atoms with Crippen LogP contribution in [0.2, 0.25) is 0 Å². The average molecular weight is 340 g/mol. The van der Waals surface area contributed by atoms with Crippen LogP contribution < -0.4 is 0 Å². The third kappa shape index (κ3) is 3.91. The molecule has 5 heteroatoms. The number of benzene rings is 1. The van der Waals surface area contributed by atoms with Gasteiger partial charge in [0, 0.05) is 24.9 Å². The molecule has 25 heavy (non-hydrogen) atoms. The lowest BCUT2D eigenvalue weighted by molar-refractivity contribution is -0.145. The van der Waals surface area contributed by atoms with E-state index < -0.39 is 0 Å². The summed E-state index contributed by atoms with van der Waals surface area (Å²) in [7, 11) is 0. The SMILES string of the molecule is O=C(O/N=C(\c1ccccc1)C1CCN(C(=O)C2CC2)CC1)C1CC1. The summed E-state index contributed by atoms with van der Waals surface area (Å²) in [6.07, 6.45) is 5.66. The highest BCUT2D eigenvalue weighted by Crippen LogP contribution is 2.33. The largest absolute Gasteiger partial charge is 0.342 e. The number of amides is 1. The van der Waals surface area contributed by atoms with Crippen LogP contribution in [0.5, 0.6) is 0 Å². The summed E-state index contributed by atoms with van der Waals surface area (Å²) in [5, 5.41) is 4.26. The molecule has 5 nitrogen and oxygen atoms in total. The van der Waals surface area contributed by atoms with Crippen LogP contribution in [0.3, 0.4) is 0 Å². The van der Waals surface area contributed by atoms with Crippen LogP contribution >= 0.6 is 0 Å². The minimum atomic E-state index is -0.213. The van der Waals surface area contributed by atoms with Crippen LogP contribution in [0.4, 0.5) is 0 Å². The summed E-state index contributed by atoms with van der Waals surface area (Å²) in [6.45, 7) is 1.53. The summed E-state index contributed by atoms with van der Waals surface area (Å²) in [5.41, 5.74) is 1.84. The fraction of sp³-hybridized carbons (Fsp3) is 0.550. The van der Waals surface area contributed by atoms with Crippen molar-refractivity contribution in [2.24, 2.45) is 22.9 Å². The first-order valence-corrected chi connectivity index (χ1v) is 9.35. The maximum atomic E-state index is 12.2. The second-order valence-corrected chi connectivity index (χ2v) is 7.40. The molecule has 3 aliphatic rings. The Morgan fingerprint density at radius 1 is 0.880 bits per heavy atom. The lowest BCUT2D eigenvalue weighted by Gasteiger charge is -2.32. The van der Waals surface area contributed by atoms with Gasteiger partial charge in [0.15, 0.2) is 0 Å². The molecule has 1 aromatic carbocycles. The molecule has 2 saturated carbocycles. The van der Waals surface area contributed by atoms with E-state index in [1.807, 2.05) is 35.2 Å². The maximum absolute atomic E-state index is 12.2. The zero-order valence-electron chi connectivity index (χ0n) is 14.4. The molecule has 0 aromatic heterocycles. The van der Waals surface area contributed by atoms with Gasteiger partial charge >= 0.3 is 5.97 Å². The third-order valence-electron chi connectivity index (χ3n) is 5.33. The van der Waals surface area contributed by atoms with Crippen LogP contribution in [0.1, 0.15) is 44.1 Å². The van der Waals surface area contributed by atoms with Crippen molar-refractivity contribution in [2.45, 2.75) is 38.5 Å². The van der Waals surface area contributed by atoms with Crippen molar-refractivity contribution in [1.29, 1.82) is 0 Å². The molecule has 3 fully saturated rings. The molecular formula is C20H24N2O3. The molecule has 1 amide bonds. The first-order valence-electron chi connectivity index (χ1n) is 9.35. The smallest absolute Gasteiger partial charge is 0.338 e. The average Bonchev–Trinajstić information content (AvgIpc) is 3.55. The summed E-state index contributed by atoms with van der Waals surface area (Å²) < 4.78 is 0. The van der Waals surface area contributed by atoms with E-state index in [1.165, 1.54) is 0 Å². The summed E-state index contributed by atoms with van der Waals surface area (Å²) in [5.74, 6) is 0.640. The molecule has 4 rings (SSSR count). The minimum Gasteiger partial charge on any atom is -0.342 e. The highest BCUT2D eigenvalue weighted by molar-refractivity contribution is 6.02. The molecule has 0 spiro atoms. The highest BCUT2D eigenvalue weighted by atomic mass is 16.7. The molecule has 132 valence electrons. The Bertz CT molecular complexity index is 669. The first-order chi connectivity index (χ1) is 12.2. The molecule has 1 saturated heterocycles. The Kier molecular flexibility index (Phi) is 4.55. The number of nitrogens with zero attached hydrogens (tertiary/aromatic N) is 2. The first kappa shape index (κ1) is 16.3. The molecule has 1 aliphatic heterocycles. The van der Waals surface area contributed by atoms with Crippen LogP contribution in [0.25, 0.3) is 0 Å². The van der Waals surface area contributed by atoms with E-state index in [0.29, 0.717) is 5.91 Å². The topological polar surface area (TPSA) is 59.0 Å². The van der Waals surface area contributed by atoms with Gasteiger partial charge in [-0.25, -0.2) is 4.79 Å². The zero-order chi connectivity index (χ0) is 17.2. The van der Waals surface area contributed by atoms with Gasteiger partial charge in [0.2, 0.25) is 5.91 Å². The third-order valence-corrected chi connectivity index (χ3v) is 5.33. The molecule has 0 N–H and O–H groups in total. The van der Waals surface area contributed by atoms with Gasteiger partial charge in [-0.1, -0.05) is 35.5 Å². The molecule has 0 bridgehead atoms. The second kappa shape index (κ2) is 6.98. The Hall–Kier alpha value is -2.17. The number of piperidine rings is 1. The van der Waals surface area contributed by atoms with Gasteiger partial charge in [-0.15, -0.1) is 0 Å². The van der Waals surface area contributed by atoms with Crippen molar-refractivity contribution < 1.29 is 14.4 Å². The monoisotopic (exact) mass is 340 g/mol. The Labute approximate surface area is 148 Å². The van der Waals surface area contributed by atoms with Gasteiger partial charge in [-0.3, -0.25) is 4.79 Å². The van der Waals surface area contributed by atoms with Gasteiger partial charge in [0.1, 0.15) is 0 Å². The number of likely N-dealkylation sites (tertiary alicyclic amines) is 1. The Morgan fingerprint density at radius 2 is 1.52 bits per heavy atom. The van der Waals surface area contributed by atoms with E-state index in [1.54, 1.807) is 0 Å². The predicted molar refractivity (Wildman–Crippen MR) is 93.8 cm³/mol. The predicted octanol–water partition coefficient (Wildman–Crippen LogP) is 2.99. The molecule has 1 heterocycles. The second-order valence-electron chi connectivity index (χ2n) is 7.40. The van der Waals surface area contributed by atoms with E-state index in [2.05, 4.69) is 5.16 Å². The highest BCUT2D eigenvalue weighted by Gasteiger charge is 2.36. The van der Waals surface area contributed by atoms with Gasteiger partial charge in [-0.05, 0) is 44.1 Å². The van der Waals surface area contributed by atoms with Crippen LogP contribution in [-0.2, 0) is 14.4 Å². The molecule has 1 aromatic rings. The van der Waals surface area contributed by atoms with Crippen LogP contribution in [0, 0.1) is 17.8 Å². The van der Waals surface area contributed by atoms with Crippen LogP contribution in [0.15, 0.2) is 35.5 Å². The van der Waals surface area contributed by atoms with Crippen molar-refractivity contribution in [3.63, 3.8) is 0 Å². The van der Waals surface area contributed by atoms with E-state index in [4.69, 9.17) is 4.84 Å². The van der Waals surface area contributed by atoms with E-state index >= 15 is 0 Å². The van der Waals surface area contributed by atoms with E-state index in [0.717, 1.165) is 62.9 Å². The van der Waals surface area contributed by atoms with Gasteiger partial charge in [0.05, 0.1) is 11.6 Å². The lowest BCUT2D eigenvalue weighted by atomic mass is 9.88. The standard InChI is InChI=1S/C20H24N2O3/c23-19(16-6-7-16)22-12-10-15(11-13-22)18(14-4-2-1-3-5-14)21-25-20(24)17-8-9-17/h1-5,15-17H,6-13H2/b21-18+. The number of hydrogen-bond donors (Lipinski definition) is 0. The molecule has 0 radical (unpaired) electrons. The van der Waals surface area contributed by atoms with E-state index in [-0.39, 0.29) is 23.7 Å². The van der Waals surface area contributed by atoms with E-state index in [9.17, 15) is 9.59 Å². The Morgan fingerprint density at radius 3 is 2.12 bits per heavy atom. The number of rotatable bonds is 5. The number of hydrogen-bond acceptors (Lipinski definition) is 4. The number of oxime groups is 1. The fourth-order valence-corrected chi connectivity index (χ4v) is 3.42. The summed E-state index contributed by atoms with van der Waals surface area (Å²) in [6, 6.07) is 9.92. The number of carbonyl (C=O) groups excluding carboxylic acids is 2. The minimum absolute atomic E-state index is 0.0405. The van der Waals surface area contributed by atoms with Gasteiger partial charge in [0.25, 0.3) is 0 Å². The van der Waals surface area contributed by atoms with Gasteiger partial charge in [-0.2, -0.15) is 0 Å². The normalized spacial score (nSPS) is 21.9. The van der Waals surface area contributed by atoms with Crippen molar-refractivity contribution in [3.8, 4) is 0 Å². The van der Waals surface area contributed by atoms with Crippen molar-refractivity contribution in [2.75, 3.05) is 13.1 Å². The van der Waals surface area contributed by atoms with Crippen molar-refractivity contribution in [1.82, 2.24) is 4.90 Å². The van der Waals surface area contributed by atoms with Crippen molar-refractivity contribution >= 4 is 17.6 Å². The zero-order valence-corrected chi connectivity index (χ0v) is 14.4. The molecule has 0 unspecified atom stereocenters. The summed E-state index contributed by atoms with van der Waals surface area (Å²) in [4.78, 5) is 31.3. The number of carbonyl (C=O) groups is 2. The maximum Gasteiger partial charge on any atom is 0.338 e. The molecule has 2 aliphatic carbocycles. The van der Waals surface area contributed by atoms with Crippen molar-refractivity contribution in [3.05, 3.63) is 35.9 Å². The van der Waals surface area contributed by atoms with Gasteiger partial charge < -0.3 is 9.74 Å². The molecular weight excluding hydrogens is 316 g/mol. The fourth-order valence-electron chi connectivity index (χ4n) is 3.42. The Balaban J connectivity index is 1.45.